The van der Waals surface area contributed by atoms with E-state index in [2.05, 4.69) is 4.98 Å². The van der Waals surface area contributed by atoms with Crippen LogP contribution in [-0.2, 0) is 0 Å². The first-order valence-corrected chi connectivity index (χ1v) is 6.06. The Bertz CT molecular complexity index is 829. The molecule has 0 saturated carbocycles. The molecular weight excluding hydrogens is 261 g/mol. The van der Waals surface area contributed by atoms with Gasteiger partial charge in [0.2, 0.25) is 12.7 Å². The van der Waals surface area contributed by atoms with Crippen LogP contribution in [-0.4, -0.2) is 16.3 Å². The highest BCUT2D eigenvalue weighted by Crippen LogP contribution is 2.35. The molecule has 0 aliphatic carbocycles. The van der Waals surface area contributed by atoms with Gasteiger partial charge in [0.15, 0.2) is 11.5 Å². The third-order valence-corrected chi connectivity index (χ3v) is 3.26. The minimum absolute atomic E-state index is 0.212. The fourth-order valence-electron chi connectivity index (χ4n) is 2.37. The SMILES string of the molecule is Nc1nc2cc(F)ccc2n1-c1ccc2c(c1)OCO2. The third-order valence-electron chi connectivity index (χ3n) is 3.26. The first kappa shape index (κ1) is 11.1. The zero-order valence-electron chi connectivity index (χ0n) is 10.3. The number of hydrogen-bond acceptors (Lipinski definition) is 4. The standard InChI is InChI=1S/C14H10FN3O2/c15-8-1-3-11-10(5-8)17-14(16)18(11)9-2-4-12-13(6-9)20-7-19-12/h1-6H,7H2,(H2,16,17). The summed E-state index contributed by atoms with van der Waals surface area (Å²) in [4.78, 5) is 4.17. The summed E-state index contributed by atoms with van der Waals surface area (Å²) in [5.41, 5.74) is 7.98. The van der Waals surface area contributed by atoms with E-state index in [1.54, 1.807) is 10.6 Å². The van der Waals surface area contributed by atoms with Crippen molar-refractivity contribution in [2.45, 2.75) is 0 Å². The van der Waals surface area contributed by atoms with E-state index < -0.39 is 0 Å². The number of imidazole rings is 1. The van der Waals surface area contributed by atoms with Crippen molar-refractivity contribution in [3.63, 3.8) is 0 Å². The first-order valence-electron chi connectivity index (χ1n) is 6.06. The summed E-state index contributed by atoms with van der Waals surface area (Å²) >= 11 is 0. The van der Waals surface area contributed by atoms with Crippen molar-refractivity contribution in [3.05, 3.63) is 42.2 Å². The predicted octanol–water partition coefficient (Wildman–Crippen LogP) is 2.48. The Morgan fingerprint density at radius 3 is 2.85 bits per heavy atom. The summed E-state index contributed by atoms with van der Waals surface area (Å²) < 4.78 is 25.6. The Kier molecular flexibility index (Phi) is 2.14. The van der Waals surface area contributed by atoms with E-state index >= 15 is 0 Å². The van der Waals surface area contributed by atoms with Gasteiger partial charge >= 0.3 is 0 Å². The number of aromatic nitrogens is 2. The van der Waals surface area contributed by atoms with Gasteiger partial charge in [0, 0.05) is 12.1 Å². The summed E-state index contributed by atoms with van der Waals surface area (Å²) in [7, 11) is 0. The number of rotatable bonds is 1. The fraction of sp³-hybridized carbons (Fsp3) is 0.0714. The van der Waals surface area contributed by atoms with Crippen molar-refractivity contribution in [3.8, 4) is 17.2 Å². The van der Waals surface area contributed by atoms with E-state index in [1.807, 2.05) is 18.2 Å². The van der Waals surface area contributed by atoms with Gasteiger partial charge in [0.1, 0.15) is 5.82 Å². The van der Waals surface area contributed by atoms with Gasteiger partial charge in [-0.25, -0.2) is 9.37 Å². The molecule has 2 aromatic carbocycles. The average molecular weight is 271 g/mol. The molecule has 0 radical (unpaired) electrons. The molecule has 100 valence electrons. The smallest absolute Gasteiger partial charge is 0.231 e. The summed E-state index contributed by atoms with van der Waals surface area (Å²) in [6.07, 6.45) is 0. The van der Waals surface area contributed by atoms with Crippen molar-refractivity contribution in [2.24, 2.45) is 0 Å². The average Bonchev–Trinajstić information content (AvgIpc) is 3.00. The minimum Gasteiger partial charge on any atom is -0.454 e. The lowest BCUT2D eigenvalue weighted by Gasteiger charge is -2.07. The molecule has 1 aliphatic rings. The van der Waals surface area contributed by atoms with Crippen LogP contribution in [0.2, 0.25) is 0 Å². The zero-order chi connectivity index (χ0) is 13.7. The monoisotopic (exact) mass is 271 g/mol. The number of halogens is 1. The second-order valence-corrected chi connectivity index (χ2v) is 4.48. The molecule has 0 bridgehead atoms. The summed E-state index contributed by atoms with van der Waals surface area (Å²) in [5, 5.41) is 0. The third kappa shape index (κ3) is 1.51. The van der Waals surface area contributed by atoms with Gasteiger partial charge in [-0.15, -0.1) is 0 Å². The van der Waals surface area contributed by atoms with Gasteiger partial charge in [-0.05, 0) is 24.3 Å². The number of anilines is 1. The summed E-state index contributed by atoms with van der Waals surface area (Å²) in [6, 6.07) is 9.88. The Morgan fingerprint density at radius 1 is 1.10 bits per heavy atom. The molecule has 0 fully saturated rings. The van der Waals surface area contributed by atoms with E-state index in [4.69, 9.17) is 15.2 Å². The predicted molar refractivity (Wildman–Crippen MR) is 71.6 cm³/mol. The maximum Gasteiger partial charge on any atom is 0.231 e. The van der Waals surface area contributed by atoms with Crippen LogP contribution in [0.3, 0.4) is 0 Å². The number of nitrogens with two attached hydrogens (primary N) is 1. The highest BCUT2D eigenvalue weighted by atomic mass is 19.1. The van der Waals surface area contributed by atoms with E-state index in [1.165, 1.54) is 12.1 Å². The molecule has 0 spiro atoms. The molecule has 0 atom stereocenters. The van der Waals surface area contributed by atoms with Crippen LogP contribution in [0.15, 0.2) is 36.4 Å². The summed E-state index contributed by atoms with van der Waals surface area (Å²) in [5.74, 6) is 1.31. The number of nitrogens with zero attached hydrogens (tertiary/aromatic N) is 2. The van der Waals surface area contributed by atoms with Crippen LogP contribution in [0.25, 0.3) is 16.7 Å². The van der Waals surface area contributed by atoms with Crippen molar-refractivity contribution >= 4 is 17.0 Å². The Labute approximate surface area is 113 Å². The van der Waals surface area contributed by atoms with Crippen molar-refractivity contribution < 1.29 is 13.9 Å². The molecule has 0 unspecified atom stereocenters. The highest BCUT2D eigenvalue weighted by molar-refractivity contribution is 5.81. The van der Waals surface area contributed by atoms with E-state index in [0.717, 1.165) is 11.2 Å². The van der Waals surface area contributed by atoms with Gasteiger partial charge < -0.3 is 15.2 Å². The Hall–Kier alpha value is -2.76. The van der Waals surface area contributed by atoms with Crippen LogP contribution >= 0.6 is 0 Å². The van der Waals surface area contributed by atoms with Gasteiger partial charge in [0.05, 0.1) is 16.7 Å². The van der Waals surface area contributed by atoms with Gasteiger partial charge in [-0.2, -0.15) is 0 Å². The lowest BCUT2D eigenvalue weighted by atomic mass is 10.2. The second-order valence-electron chi connectivity index (χ2n) is 4.48. The molecule has 5 nitrogen and oxygen atoms in total. The van der Waals surface area contributed by atoms with E-state index in [0.29, 0.717) is 23.0 Å². The lowest BCUT2D eigenvalue weighted by Crippen LogP contribution is -2.00. The van der Waals surface area contributed by atoms with Crippen LogP contribution < -0.4 is 15.2 Å². The summed E-state index contributed by atoms with van der Waals surface area (Å²) in [6.45, 7) is 0.212. The zero-order valence-corrected chi connectivity index (χ0v) is 10.3. The number of fused-ring (bicyclic) bond motifs is 2. The normalized spacial score (nSPS) is 13.1. The van der Waals surface area contributed by atoms with Crippen molar-refractivity contribution in [1.29, 1.82) is 0 Å². The van der Waals surface area contributed by atoms with Crippen molar-refractivity contribution in [2.75, 3.05) is 12.5 Å². The Balaban J connectivity index is 1.96. The number of hydrogen-bond donors (Lipinski definition) is 1. The molecule has 3 aromatic rings. The Morgan fingerprint density at radius 2 is 1.95 bits per heavy atom. The molecule has 2 N–H and O–H groups in total. The van der Waals surface area contributed by atoms with Crippen LogP contribution in [0.5, 0.6) is 11.5 Å². The highest BCUT2D eigenvalue weighted by Gasteiger charge is 2.16. The lowest BCUT2D eigenvalue weighted by molar-refractivity contribution is 0.174. The molecule has 6 heteroatoms. The first-order chi connectivity index (χ1) is 9.72. The molecule has 20 heavy (non-hydrogen) atoms. The molecule has 4 rings (SSSR count). The van der Waals surface area contributed by atoms with E-state index in [9.17, 15) is 4.39 Å². The maximum atomic E-state index is 13.2. The minimum atomic E-state index is -0.340. The largest absolute Gasteiger partial charge is 0.454 e. The molecule has 2 heterocycles. The van der Waals surface area contributed by atoms with Crippen molar-refractivity contribution in [1.82, 2.24) is 9.55 Å². The van der Waals surface area contributed by atoms with Crippen LogP contribution in [0.4, 0.5) is 10.3 Å². The van der Waals surface area contributed by atoms with Gasteiger partial charge in [-0.3, -0.25) is 4.57 Å². The molecule has 0 amide bonds. The maximum absolute atomic E-state index is 13.2. The van der Waals surface area contributed by atoms with E-state index in [-0.39, 0.29) is 12.6 Å². The molecule has 1 aliphatic heterocycles. The number of ether oxygens (including phenoxy) is 2. The molecule has 1 aromatic heterocycles. The fourth-order valence-corrected chi connectivity index (χ4v) is 2.37. The number of benzene rings is 2. The molecular formula is C14H10FN3O2. The molecule has 0 saturated heterocycles. The van der Waals surface area contributed by atoms with Crippen LogP contribution in [0, 0.1) is 5.82 Å². The number of nitrogen functional groups attached to an aromatic ring is 1. The quantitative estimate of drug-likeness (QED) is 0.738. The van der Waals surface area contributed by atoms with Gasteiger partial charge in [-0.1, -0.05) is 0 Å². The topological polar surface area (TPSA) is 62.3 Å². The van der Waals surface area contributed by atoms with Crippen LogP contribution in [0.1, 0.15) is 0 Å². The second kappa shape index (κ2) is 3.86. The van der Waals surface area contributed by atoms with Gasteiger partial charge in [0.25, 0.3) is 0 Å².